The van der Waals surface area contributed by atoms with Gasteiger partial charge in [0, 0.05) is 38.0 Å². The van der Waals surface area contributed by atoms with Gasteiger partial charge in [-0.2, -0.15) is 0 Å². The quantitative estimate of drug-likeness (QED) is 0.627. The lowest BCUT2D eigenvalue weighted by atomic mass is 9.94. The second-order valence-electron chi connectivity index (χ2n) is 8.79. The van der Waals surface area contributed by atoms with Gasteiger partial charge < -0.3 is 36.3 Å². The third-order valence-corrected chi connectivity index (χ3v) is 4.98. The highest BCUT2D eigenvalue weighted by Gasteiger charge is 2.33. The Bertz CT molecular complexity index is 622. The molecular weight excluding hydrogens is 348 g/mol. The van der Waals surface area contributed by atoms with E-state index in [0.29, 0.717) is 12.5 Å². The number of carbonyl (C=O) groups is 1. The summed E-state index contributed by atoms with van der Waals surface area (Å²) in [6, 6.07) is -0.108. The van der Waals surface area contributed by atoms with Gasteiger partial charge in [0.15, 0.2) is 0 Å². The van der Waals surface area contributed by atoms with E-state index in [1.54, 1.807) is 6.92 Å². The van der Waals surface area contributed by atoms with Crippen molar-refractivity contribution >= 4 is 6.09 Å². The molecule has 2 atom stereocenters. The molecule has 5 N–H and O–H groups in total. The van der Waals surface area contributed by atoms with E-state index in [4.69, 9.17) is 4.74 Å². The van der Waals surface area contributed by atoms with Crippen molar-refractivity contribution in [3.8, 4) is 0 Å². The summed E-state index contributed by atoms with van der Waals surface area (Å²) in [6.45, 7) is 10.5. The fourth-order valence-corrected chi connectivity index (χ4v) is 3.96. The monoisotopic (exact) mass is 382 g/mol. The summed E-state index contributed by atoms with van der Waals surface area (Å²) >= 11 is 0. The predicted molar refractivity (Wildman–Crippen MR) is 103 cm³/mol. The van der Waals surface area contributed by atoms with Crippen molar-refractivity contribution in [1.29, 1.82) is 0 Å². The molecule has 1 fully saturated rings. The number of hydrogen-bond donors (Lipinski definition) is 3. The number of ether oxygens (including phenoxy) is 1. The molecular formula is C19H34N4O4. The minimum Gasteiger partial charge on any atom is -0.628 e. The van der Waals surface area contributed by atoms with Crippen LogP contribution in [0.5, 0.6) is 0 Å². The van der Waals surface area contributed by atoms with Gasteiger partial charge >= 0.3 is 6.09 Å². The van der Waals surface area contributed by atoms with Crippen molar-refractivity contribution in [1.82, 2.24) is 10.2 Å². The number of nitrogens with zero attached hydrogens (tertiary/aromatic N) is 1. The number of hydrogen-bond acceptors (Lipinski definition) is 5. The first-order valence-corrected chi connectivity index (χ1v) is 9.69. The number of carbonyl (C=O) groups excluding carboxylic acids is 1. The fourth-order valence-electron chi connectivity index (χ4n) is 3.96. The predicted octanol–water partition coefficient (Wildman–Crippen LogP) is 1.01. The first kappa shape index (κ1) is 21.7. The van der Waals surface area contributed by atoms with Crippen LogP contribution in [-0.2, 0) is 4.74 Å². The Morgan fingerprint density at radius 1 is 1.30 bits per heavy atom. The lowest BCUT2D eigenvalue weighted by Crippen LogP contribution is -2.99. The number of rotatable bonds is 4. The maximum absolute atomic E-state index is 12.2. The van der Waals surface area contributed by atoms with Crippen LogP contribution < -0.4 is 16.3 Å². The molecule has 0 aromatic rings. The Morgan fingerprint density at radius 2 is 1.96 bits per heavy atom. The molecule has 2 aliphatic rings. The third-order valence-electron chi connectivity index (χ3n) is 4.98. The molecule has 0 aromatic heterocycles. The molecule has 0 radical (unpaired) electrons. The molecule has 1 heterocycles. The number of piperidine rings is 1. The van der Waals surface area contributed by atoms with Gasteiger partial charge in [0.1, 0.15) is 22.7 Å². The minimum atomic E-state index is -1.16. The van der Waals surface area contributed by atoms with Gasteiger partial charge in [-0.1, -0.05) is 6.92 Å². The summed E-state index contributed by atoms with van der Waals surface area (Å²) in [5.41, 5.74) is 6.53. The maximum atomic E-state index is 12.2. The van der Waals surface area contributed by atoms with E-state index in [1.807, 2.05) is 20.8 Å². The number of alkyl carbamates (subject to hydrolysis) is 1. The van der Waals surface area contributed by atoms with E-state index in [1.165, 1.54) is 0 Å². The molecule has 154 valence electrons. The summed E-state index contributed by atoms with van der Waals surface area (Å²) in [4.78, 5) is 14.2. The van der Waals surface area contributed by atoms with Gasteiger partial charge in [-0.3, -0.25) is 0 Å². The van der Waals surface area contributed by atoms with Crippen molar-refractivity contribution in [2.24, 2.45) is 5.92 Å². The van der Waals surface area contributed by atoms with Gasteiger partial charge in [-0.25, -0.2) is 4.79 Å². The van der Waals surface area contributed by atoms with Crippen LogP contribution in [0.25, 0.3) is 0 Å². The number of allylic oxidation sites excluding steroid dienone is 3. The highest BCUT2D eigenvalue weighted by molar-refractivity contribution is 5.68. The average Bonchev–Trinajstić information content (AvgIpc) is 2.90. The van der Waals surface area contributed by atoms with Crippen LogP contribution in [0.4, 0.5) is 4.79 Å². The minimum absolute atomic E-state index is 0.108. The number of likely N-dealkylation sites (tertiary alicyclic amines) is 1. The molecule has 0 bridgehead atoms. The van der Waals surface area contributed by atoms with Gasteiger partial charge in [0.25, 0.3) is 0 Å². The molecule has 0 spiro atoms. The Balaban J connectivity index is 2.22. The maximum Gasteiger partial charge on any atom is 0.407 e. The van der Waals surface area contributed by atoms with E-state index >= 15 is 0 Å². The molecule has 0 saturated carbocycles. The van der Waals surface area contributed by atoms with E-state index in [-0.39, 0.29) is 11.7 Å². The van der Waals surface area contributed by atoms with Crippen LogP contribution in [0.2, 0.25) is 0 Å². The molecule has 8 heteroatoms. The number of nitrogens with one attached hydrogen (secondary N) is 2. The molecule has 1 aliphatic heterocycles. The normalized spacial score (nSPS) is 25.0. The highest BCUT2D eigenvalue weighted by Crippen LogP contribution is 2.33. The molecule has 1 amide bonds. The van der Waals surface area contributed by atoms with E-state index < -0.39 is 16.9 Å². The lowest BCUT2D eigenvalue weighted by molar-refractivity contribution is -0.748. The van der Waals surface area contributed by atoms with Crippen molar-refractivity contribution in [3.05, 3.63) is 33.1 Å². The van der Waals surface area contributed by atoms with Gasteiger partial charge in [-0.05, 0) is 46.0 Å². The zero-order chi connectivity index (χ0) is 20.4. The van der Waals surface area contributed by atoms with E-state index in [9.17, 15) is 15.2 Å². The summed E-state index contributed by atoms with van der Waals surface area (Å²) < 4.78 is 5.37. The number of quaternary nitrogens is 2. The van der Waals surface area contributed by atoms with E-state index in [0.717, 1.165) is 49.2 Å². The molecule has 2 rings (SSSR count). The van der Waals surface area contributed by atoms with Crippen molar-refractivity contribution in [3.63, 3.8) is 0 Å². The SMILES string of the molecule is CC(=C(C1=C([NH3+])CCC1)N1CC(C)CC(NC(=O)OC(C)(C)C)C1)[NH+]([O-])[O-]. The summed E-state index contributed by atoms with van der Waals surface area (Å²) in [6.07, 6.45) is 3.09. The largest absolute Gasteiger partial charge is 0.628 e. The Kier molecular flexibility index (Phi) is 6.91. The smallest absolute Gasteiger partial charge is 0.407 e. The van der Waals surface area contributed by atoms with Crippen LogP contribution >= 0.6 is 0 Å². The second kappa shape index (κ2) is 8.60. The van der Waals surface area contributed by atoms with E-state index in [2.05, 4.69) is 22.9 Å². The first-order chi connectivity index (χ1) is 12.5. The molecule has 2 unspecified atom stereocenters. The summed E-state index contributed by atoms with van der Waals surface area (Å²) in [5, 5.41) is 25.0. The highest BCUT2D eigenvalue weighted by atomic mass is 16.8. The summed E-state index contributed by atoms with van der Waals surface area (Å²) in [7, 11) is 0. The second-order valence-corrected chi connectivity index (χ2v) is 8.79. The van der Waals surface area contributed by atoms with Gasteiger partial charge in [0.2, 0.25) is 0 Å². The fraction of sp³-hybridized carbons (Fsp3) is 0.737. The molecule has 1 saturated heterocycles. The van der Waals surface area contributed by atoms with Crippen molar-refractivity contribution < 1.29 is 20.5 Å². The Hall–Kier alpha value is -1.61. The van der Waals surface area contributed by atoms with Crippen LogP contribution in [-0.4, -0.2) is 35.7 Å². The number of hydroxylamine groups is 2. The van der Waals surface area contributed by atoms with Gasteiger partial charge in [-0.15, -0.1) is 0 Å². The molecule has 1 aliphatic carbocycles. The van der Waals surface area contributed by atoms with Crippen molar-refractivity contribution in [2.45, 2.75) is 71.9 Å². The molecule has 8 nitrogen and oxygen atoms in total. The topological polar surface area (TPSA) is 120 Å². The zero-order valence-corrected chi connectivity index (χ0v) is 17.2. The first-order valence-electron chi connectivity index (χ1n) is 9.69. The Morgan fingerprint density at radius 3 is 2.48 bits per heavy atom. The average molecular weight is 383 g/mol. The zero-order valence-electron chi connectivity index (χ0n) is 17.2. The van der Waals surface area contributed by atoms with Crippen molar-refractivity contribution in [2.75, 3.05) is 13.1 Å². The number of amides is 1. The van der Waals surface area contributed by atoms with Crippen LogP contribution in [0.15, 0.2) is 22.7 Å². The van der Waals surface area contributed by atoms with Gasteiger partial charge in [0.05, 0.1) is 0 Å². The molecule has 0 aromatic carbocycles. The lowest BCUT2D eigenvalue weighted by Gasteiger charge is -2.41. The van der Waals surface area contributed by atoms with Crippen LogP contribution in [0.1, 0.15) is 60.3 Å². The summed E-state index contributed by atoms with van der Waals surface area (Å²) in [5.74, 6) is 0.304. The Labute approximate surface area is 161 Å². The van der Waals surface area contributed by atoms with Crippen LogP contribution in [0.3, 0.4) is 0 Å². The molecule has 27 heavy (non-hydrogen) atoms. The third kappa shape index (κ3) is 5.93. The van der Waals surface area contributed by atoms with Crippen LogP contribution in [0, 0.1) is 16.3 Å². The standard InChI is InChI=1S/C19H33N4O4/c1-12-9-14(21-18(24)27-19(3,4)5)11-22(10-12)17(13(2)23(25)26)15-7-6-8-16(15)20/h12,14,23H,6-11,20H2,1-5H3,(H,21,24)/q-1/p+1.